The molecule has 2 nitrogen and oxygen atoms in total. The van der Waals surface area contributed by atoms with Gasteiger partial charge < -0.3 is 10.1 Å². The highest BCUT2D eigenvalue weighted by atomic mass is 19.1. The number of hydrogen-bond acceptors (Lipinski definition) is 2. The van der Waals surface area contributed by atoms with Crippen molar-refractivity contribution in [2.75, 3.05) is 6.54 Å². The van der Waals surface area contributed by atoms with Gasteiger partial charge >= 0.3 is 0 Å². The second-order valence-electron chi connectivity index (χ2n) is 6.36. The van der Waals surface area contributed by atoms with Crippen molar-refractivity contribution in [2.45, 2.75) is 65.0 Å². The molecule has 1 aromatic carbocycles. The molecule has 1 unspecified atom stereocenters. The molecule has 0 aromatic heterocycles. The lowest BCUT2D eigenvalue weighted by Crippen LogP contribution is -2.25. The highest BCUT2D eigenvalue weighted by Gasteiger charge is 2.21. The summed E-state index contributed by atoms with van der Waals surface area (Å²) in [5.41, 5.74) is 0.932. The summed E-state index contributed by atoms with van der Waals surface area (Å²) < 4.78 is 19.8. The Hall–Kier alpha value is -1.09. The second-order valence-corrected chi connectivity index (χ2v) is 6.36. The smallest absolute Gasteiger partial charge is 0.124 e. The zero-order valence-corrected chi connectivity index (χ0v) is 13.5. The van der Waals surface area contributed by atoms with Gasteiger partial charge in [0.25, 0.3) is 0 Å². The van der Waals surface area contributed by atoms with E-state index < -0.39 is 0 Å². The van der Waals surface area contributed by atoms with Crippen molar-refractivity contribution in [3.8, 4) is 5.75 Å². The van der Waals surface area contributed by atoms with Crippen LogP contribution in [0, 0.1) is 11.7 Å². The van der Waals surface area contributed by atoms with Crippen LogP contribution in [0.15, 0.2) is 18.2 Å². The Kier molecular flexibility index (Phi) is 6.04. The SMILES string of the molecule is CCCNC(C)c1cc(F)ccc1OC1CCC(C)CC1. The predicted octanol–water partition coefficient (Wildman–Crippen LogP) is 4.84. The van der Waals surface area contributed by atoms with Gasteiger partial charge in [-0.15, -0.1) is 0 Å². The Morgan fingerprint density at radius 2 is 2.00 bits per heavy atom. The van der Waals surface area contributed by atoms with Crippen LogP contribution in [0.3, 0.4) is 0 Å². The molecule has 1 N–H and O–H groups in total. The van der Waals surface area contributed by atoms with E-state index in [2.05, 4.69) is 26.1 Å². The molecule has 0 saturated heterocycles. The zero-order chi connectivity index (χ0) is 15.2. The van der Waals surface area contributed by atoms with Crippen molar-refractivity contribution in [3.63, 3.8) is 0 Å². The van der Waals surface area contributed by atoms with Gasteiger partial charge in [0.15, 0.2) is 0 Å². The Morgan fingerprint density at radius 1 is 1.29 bits per heavy atom. The van der Waals surface area contributed by atoms with Gasteiger partial charge in [0, 0.05) is 11.6 Å². The highest BCUT2D eigenvalue weighted by molar-refractivity contribution is 5.36. The predicted molar refractivity (Wildman–Crippen MR) is 85.2 cm³/mol. The average molecular weight is 293 g/mol. The number of rotatable bonds is 6. The molecular formula is C18H28FNO. The lowest BCUT2D eigenvalue weighted by atomic mass is 9.89. The first-order chi connectivity index (χ1) is 10.1. The molecule has 1 aromatic rings. The molecule has 0 spiro atoms. The van der Waals surface area contributed by atoms with Crippen molar-refractivity contribution in [1.82, 2.24) is 5.32 Å². The summed E-state index contributed by atoms with van der Waals surface area (Å²) in [5.74, 6) is 1.45. The number of halogens is 1. The largest absolute Gasteiger partial charge is 0.490 e. The van der Waals surface area contributed by atoms with E-state index in [0.717, 1.165) is 43.0 Å². The van der Waals surface area contributed by atoms with Crippen molar-refractivity contribution < 1.29 is 9.13 Å². The van der Waals surface area contributed by atoms with Gasteiger partial charge in [-0.2, -0.15) is 0 Å². The van der Waals surface area contributed by atoms with Crippen LogP contribution in [0.4, 0.5) is 4.39 Å². The normalized spacial score (nSPS) is 23.8. The molecule has 118 valence electrons. The van der Waals surface area contributed by atoms with Crippen LogP contribution in [-0.2, 0) is 0 Å². The average Bonchev–Trinajstić information content (AvgIpc) is 2.49. The first kappa shape index (κ1) is 16.3. The topological polar surface area (TPSA) is 21.3 Å². The fraction of sp³-hybridized carbons (Fsp3) is 0.667. The minimum absolute atomic E-state index is 0.109. The molecule has 21 heavy (non-hydrogen) atoms. The van der Waals surface area contributed by atoms with Crippen molar-refractivity contribution in [2.24, 2.45) is 5.92 Å². The van der Waals surface area contributed by atoms with E-state index in [-0.39, 0.29) is 18.0 Å². The summed E-state index contributed by atoms with van der Waals surface area (Å²) in [4.78, 5) is 0. The van der Waals surface area contributed by atoms with Crippen LogP contribution in [0.5, 0.6) is 5.75 Å². The van der Waals surface area contributed by atoms with E-state index in [1.54, 1.807) is 12.1 Å². The summed E-state index contributed by atoms with van der Waals surface area (Å²) >= 11 is 0. The molecule has 0 radical (unpaired) electrons. The van der Waals surface area contributed by atoms with Gasteiger partial charge in [0.05, 0.1) is 6.10 Å². The molecule has 1 aliphatic rings. The summed E-state index contributed by atoms with van der Waals surface area (Å²) in [7, 11) is 0. The Balaban J connectivity index is 2.07. The van der Waals surface area contributed by atoms with Crippen LogP contribution in [0.25, 0.3) is 0 Å². The summed E-state index contributed by atoms with van der Waals surface area (Å²) in [6.07, 6.45) is 6.01. The maximum Gasteiger partial charge on any atom is 0.124 e. The fourth-order valence-electron chi connectivity index (χ4n) is 2.96. The van der Waals surface area contributed by atoms with Gasteiger partial charge in [-0.05, 0) is 69.7 Å². The monoisotopic (exact) mass is 293 g/mol. The number of hydrogen-bond donors (Lipinski definition) is 1. The van der Waals surface area contributed by atoms with Gasteiger partial charge in [0.2, 0.25) is 0 Å². The van der Waals surface area contributed by atoms with Crippen molar-refractivity contribution in [1.29, 1.82) is 0 Å². The first-order valence-corrected chi connectivity index (χ1v) is 8.29. The molecule has 2 rings (SSSR count). The van der Waals surface area contributed by atoms with E-state index in [9.17, 15) is 4.39 Å². The Bertz CT molecular complexity index is 441. The summed E-state index contributed by atoms with van der Waals surface area (Å²) in [6, 6.07) is 5.00. The summed E-state index contributed by atoms with van der Waals surface area (Å²) in [6.45, 7) is 7.43. The minimum atomic E-state index is -0.195. The second kappa shape index (κ2) is 7.79. The van der Waals surface area contributed by atoms with E-state index in [0.29, 0.717) is 0 Å². The maximum absolute atomic E-state index is 13.6. The lowest BCUT2D eigenvalue weighted by Gasteiger charge is -2.28. The van der Waals surface area contributed by atoms with Crippen LogP contribution < -0.4 is 10.1 Å². The molecular weight excluding hydrogens is 265 g/mol. The van der Waals surface area contributed by atoms with Gasteiger partial charge in [0.1, 0.15) is 11.6 Å². The molecule has 1 fully saturated rings. The standard InChI is InChI=1S/C18H28FNO/c1-4-11-20-14(3)17-12-15(19)7-10-18(17)21-16-8-5-13(2)6-9-16/h7,10,12-14,16,20H,4-6,8-9,11H2,1-3H3. The van der Waals surface area contributed by atoms with Gasteiger partial charge in [-0.3, -0.25) is 0 Å². The van der Waals surface area contributed by atoms with Crippen molar-refractivity contribution >= 4 is 0 Å². The first-order valence-electron chi connectivity index (χ1n) is 8.29. The summed E-state index contributed by atoms with van der Waals surface area (Å²) in [5, 5.41) is 3.41. The number of ether oxygens (including phenoxy) is 1. The van der Waals surface area contributed by atoms with Crippen LogP contribution in [0.2, 0.25) is 0 Å². The third kappa shape index (κ3) is 4.70. The lowest BCUT2D eigenvalue weighted by molar-refractivity contribution is 0.133. The Labute approximate surface area is 128 Å². The number of nitrogens with one attached hydrogen (secondary N) is 1. The van der Waals surface area contributed by atoms with E-state index in [1.165, 1.54) is 18.9 Å². The maximum atomic E-state index is 13.6. The quantitative estimate of drug-likeness (QED) is 0.810. The molecule has 1 saturated carbocycles. The molecule has 0 bridgehead atoms. The molecule has 0 aliphatic heterocycles. The van der Waals surface area contributed by atoms with Gasteiger partial charge in [-0.1, -0.05) is 13.8 Å². The fourth-order valence-corrected chi connectivity index (χ4v) is 2.96. The molecule has 0 heterocycles. The van der Waals surface area contributed by atoms with Crippen LogP contribution in [-0.4, -0.2) is 12.6 Å². The van der Waals surface area contributed by atoms with E-state index >= 15 is 0 Å². The van der Waals surface area contributed by atoms with Gasteiger partial charge in [-0.25, -0.2) is 4.39 Å². The third-order valence-electron chi connectivity index (χ3n) is 4.40. The molecule has 0 amide bonds. The molecule has 1 atom stereocenters. The van der Waals surface area contributed by atoms with Crippen LogP contribution in [0.1, 0.15) is 64.5 Å². The Morgan fingerprint density at radius 3 is 2.67 bits per heavy atom. The van der Waals surface area contributed by atoms with E-state index in [1.807, 2.05) is 0 Å². The molecule has 3 heteroatoms. The minimum Gasteiger partial charge on any atom is -0.490 e. The molecule has 1 aliphatic carbocycles. The van der Waals surface area contributed by atoms with Crippen molar-refractivity contribution in [3.05, 3.63) is 29.6 Å². The zero-order valence-electron chi connectivity index (χ0n) is 13.5. The van der Waals surface area contributed by atoms with Crippen LogP contribution >= 0.6 is 0 Å². The highest BCUT2D eigenvalue weighted by Crippen LogP contribution is 2.31. The number of benzene rings is 1. The third-order valence-corrected chi connectivity index (χ3v) is 4.40. The van der Waals surface area contributed by atoms with E-state index in [4.69, 9.17) is 4.74 Å².